The van der Waals surface area contributed by atoms with Gasteiger partial charge in [-0.2, -0.15) is 0 Å². The fraction of sp³-hybridized carbons (Fsp3) is 0.333. The van der Waals surface area contributed by atoms with E-state index >= 15 is 0 Å². The average molecular weight is 401 g/mol. The molecule has 0 spiro atoms. The number of H-pyrrole nitrogens is 1. The van der Waals surface area contributed by atoms with Gasteiger partial charge in [-0.15, -0.1) is 11.3 Å². The second-order valence-electron chi connectivity index (χ2n) is 6.72. The van der Waals surface area contributed by atoms with Gasteiger partial charge in [0.25, 0.3) is 5.56 Å². The largest absolute Gasteiger partial charge is 0.494 e. The highest BCUT2D eigenvalue weighted by molar-refractivity contribution is 7.18. The van der Waals surface area contributed by atoms with Crippen molar-refractivity contribution < 1.29 is 4.74 Å². The van der Waals surface area contributed by atoms with Crippen molar-refractivity contribution in [3.63, 3.8) is 0 Å². The third-order valence-electron chi connectivity index (χ3n) is 4.70. The fourth-order valence-corrected chi connectivity index (χ4v) is 4.85. The summed E-state index contributed by atoms with van der Waals surface area (Å²) in [5, 5.41) is 1.17. The van der Waals surface area contributed by atoms with Crippen molar-refractivity contribution in [3.8, 4) is 5.75 Å². The molecule has 3 aromatic rings. The number of hydrogen-bond donors (Lipinski definition) is 1. The molecule has 0 amide bonds. The summed E-state index contributed by atoms with van der Waals surface area (Å²) in [5.74, 6) is 1.25. The maximum absolute atomic E-state index is 12.6. The first-order valence-electron chi connectivity index (χ1n) is 9.30. The molecule has 0 bridgehead atoms. The minimum atomic E-state index is -0.0933. The van der Waals surface area contributed by atoms with Gasteiger partial charge in [0.05, 0.1) is 17.0 Å². The topological polar surface area (TPSA) is 55.0 Å². The Morgan fingerprint density at radius 1 is 1.30 bits per heavy atom. The molecule has 1 N–H and O–H groups in total. The van der Waals surface area contributed by atoms with Gasteiger partial charge in [-0.3, -0.25) is 4.79 Å². The summed E-state index contributed by atoms with van der Waals surface area (Å²) in [6.07, 6.45) is 7.11. The van der Waals surface area contributed by atoms with Crippen LogP contribution in [0.1, 0.15) is 48.0 Å². The van der Waals surface area contributed by atoms with Crippen molar-refractivity contribution in [1.29, 1.82) is 0 Å². The molecule has 1 aliphatic rings. The fourth-order valence-electron chi connectivity index (χ4n) is 3.37. The number of aromatic amines is 1. The van der Waals surface area contributed by atoms with Gasteiger partial charge < -0.3 is 9.72 Å². The zero-order chi connectivity index (χ0) is 18.8. The molecule has 27 heavy (non-hydrogen) atoms. The summed E-state index contributed by atoms with van der Waals surface area (Å²) in [4.78, 5) is 22.2. The third kappa shape index (κ3) is 3.80. The van der Waals surface area contributed by atoms with Gasteiger partial charge in [-0.05, 0) is 61.4 Å². The quantitative estimate of drug-likeness (QED) is 0.624. The van der Waals surface area contributed by atoms with Crippen LogP contribution in [-0.2, 0) is 12.8 Å². The van der Waals surface area contributed by atoms with Crippen molar-refractivity contribution >= 4 is 44.3 Å². The Hall–Kier alpha value is -2.11. The second-order valence-corrected chi connectivity index (χ2v) is 8.21. The van der Waals surface area contributed by atoms with Crippen LogP contribution in [0.25, 0.3) is 21.3 Å². The zero-order valence-electron chi connectivity index (χ0n) is 15.2. The molecular formula is C21H21ClN2O2S. The Kier molecular flexibility index (Phi) is 5.32. The van der Waals surface area contributed by atoms with E-state index in [4.69, 9.17) is 16.3 Å². The van der Waals surface area contributed by atoms with E-state index < -0.39 is 0 Å². The van der Waals surface area contributed by atoms with Crippen LogP contribution in [0.5, 0.6) is 5.75 Å². The molecule has 4 rings (SSSR count). The van der Waals surface area contributed by atoms with Gasteiger partial charge >= 0.3 is 0 Å². The van der Waals surface area contributed by atoms with Crippen molar-refractivity contribution in [1.82, 2.24) is 9.97 Å². The molecule has 0 saturated heterocycles. The number of benzene rings is 1. The Morgan fingerprint density at radius 2 is 2.07 bits per heavy atom. The van der Waals surface area contributed by atoms with Crippen LogP contribution in [0.4, 0.5) is 0 Å². The summed E-state index contributed by atoms with van der Waals surface area (Å²) < 4.78 is 5.59. The first kappa shape index (κ1) is 18.3. The van der Waals surface area contributed by atoms with Gasteiger partial charge in [-0.25, -0.2) is 4.98 Å². The van der Waals surface area contributed by atoms with Crippen LogP contribution in [0, 0.1) is 0 Å². The SMILES string of the molecule is CCCOc1ccc(/C=C(\Cl)c2nc3sc4c(c3c(=O)[nH]2)CCCC4)cc1. The third-order valence-corrected chi connectivity index (χ3v) is 6.17. The lowest BCUT2D eigenvalue weighted by atomic mass is 9.97. The van der Waals surface area contributed by atoms with Crippen LogP contribution in [-0.4, -0.2) is 16.6 Å². The van der Waals surface area contributed by atoms with Crippen LogP contribution >= 0.6 is 22.9 Å². The van der Waals surface area contributed by atoms with Gasteiger partial charge in [0.15, 0.2) is 5.82 Å². The smallest absolute Gasteiger partial charge is 0.260 e. The molecule has 0 fully saturated rings. The number of fused-ring (bicyclic) bond motifs is 3. The van der Waals surface area contributed by atoms with Gasteiger partial charge in [0.1, 0.15) is 10.6 Å². The molecule has 4 nitrogen and oxygen atoms in total. The highest BCUT2D eigenvalue weighted by Crippen LogP contribution is 2.34. The van der Waals surface area contributed by atoms with E-state index in [9.17, 15) is 4.79 Å². The molecule has 0 aliphatic heterocycles. The molecule has 1 aromatic carbocycles. The molecule has 6 heteroatoms. The molecule has 0 unspecified atom stereocenters. The number of nitrogens with zero attached hydrogens (tertiary/aromatic N) is 1. The monoisotopic (exact) mass is 400 g/mol. The van der Waals surface area contributed by atoms with Crippen molar-refractivity contribution in [2.45, 2.75) is 39.0 Å². The lowest BCUT2D eigenvalue weighted by molar-refractivity contribution is 0.317. The van der Waals surface area contributed by atoms with E-state index in [1.807, 2.05) is 30.3 Å². The summed E-state index contributed by atoms with van der Waals surface area (Å²) in [7, 11) is 0. The predicted octanol–water partition coefficient (Wildman–Crippen LogP) is 5.39. The van der Waals surface area contributed by atoms with Crippen LogP contribution in [0.15, 0.2) is 29.1 Å². The number of nitrogens with one attached hydrogen (secondary N) is 1. The summed E-state index contributed by atoms with van der Waals surface area (Å²) in [6.45, 7) is 2.78. The highest BCUT2D eigenvalue weighted by Gasteiger charge is 2.20. The number of halogens is 1. The Balaban J connectivity index is 1.65. The number of aromatic nitrogens is 2. The summed E-state index contributed by atoms with van der Waals surface area (Å²) in [5.41, 5.74) is 2.02. The van der Waals surface area contributed by atoms with E-state index in [0.717, 1.165) is 47.2 Å². The van der Waals surface area contributed by atoms with Gasteiger partial charge in [-0.1, -0.05) is 30.7 Å². The summed E-state index contributed by atoms with van der Waals surface area (Å²) >= 11 is 8.09. The molecule has 2 aromatic heterocycles. The van der Waals surface area contributed by atoms with E-state index in [1.165, 1.54) is 16.9 Å². The van der Waals surface area contributed by atoms with E-state index in [1.54, 1.807) is 11.3 Å². The van der Waals surface area contributed by atoms with Gasteiger partial charge in [0.2, 0.25) is 0 Å². The minimum Gasteiger partial charge on any atom is -0.494 e. The molecule has 0 saturated carbocycles. The maximum Gasteiger partial charge on any atom is 0.260 e. The molecule has 2 heterocycles. The lowest BCUT2D eigenvalue weighted by Gasteiger charge is -2.09. The first-order valence-corrected chi connectivity index (χ1v) is 10.5. The van der Waals surface area contributed by atoms with E-state index in [0.29, 0.717) is 17.5 Å². The molecule has 1 aliphatic carbocycles. The second kappa shape index (κ2) is 7.87. The van der Waals surface area contributed by atoms with Crippen molar-refractivity contribution in [2.24, 2.45) is 0 Å². The number of rotatable bonds is 5. The minimum absolute atomic E-state index is 0.0933. The normalized spacial score (nSPS) is 14.4. The highest BCUT2D eigenvalue weighted by atomic mass is 35.5. The van der Waals surface area contributed by atoms with Crippen LogP contribution in [0.3, 0.4) is 0 Å². The molecule has 0 radical (unpaired) electrons. The van der Waals surface area contributed by atoms with Crippen LogP contribution in [0.2, 0.25) is 0 Å². The Morgan fingerprint density at radius 3 is 2.85 bits per heavy atom. The number of ether oxygens (including phenoxy) is 1. The Bertz CT molecular complexity index is 1050. The van der Waals surface area contributed by atoms with E-state index in [-0.39, 0.29) is 5.56 Å². The molecular weight excluding hydrogens is 380 g/mol. The Labute approximate surface area is 166 Å². The first-order chi connectivity index (χ1) is 13.2. The maximum atomic E-state index is 12.6. The van der Waals surface area contributed by atoms with Crippen LogP contribution < -0.4 is 10.3 Å². The van der Waals surface area contributed by atoms with Crippen molar-refractivity contribution in [3.05, 3.63) is 56.4 Å². The van der Waals surface area contributed by atoms with Crippen molar-refractivity contribution in [2.75, 3.05) is 6.61 Å². The number of hydrogen-bond acceptors (Lipinski definition) is 4. The van der Waals surface area contributed by atoms with Gasteiger partial charge in [0, 0.05) is 4.88 Å². The lowest BCUT2D eigenvalue weighted by Crippen LogP contribution is -2.12. The predicted molar refractivity (Wildman–Crippen MR) is 113 cm³/mol. The standard InChI is InChI=1S/C21H21ClN2O2S/c1-2-11-26-14-9-7-13(8-10-14)12-16(22)19-23-20(25)18-15-5-3-4-6-17(15)27-21(18)24-19/h7-10,12H,2-6,11H2,1H3,(H,23,24,25)/b16-12-. The van der Waals surface area contributed by atoms with E-state index in [2.05, 4.69) is 16.9 Å². The number of aryl methyl sites for hydroxylation is 2. The molecule has 0 atom stereocenters. The average Bonchev–Trinajstić information content (AvgIpc) is 3.06. The zero-order valence-corrected chi connectivity index (χ0v) is 16.8. The number of thiophene rings is 1. The molecule has 140 valence electrons. The summed E-state index contributed by atoms with van der Waals surface area (Å²) in [6, 6.07) is 7.71.